The van der Waals surface area contributed by atoms with E-state index < -0.39 is 0 Å². The Labute approximate surface area is 185 Å². The summed E-state index contributed by atoms with van der Waals surface area (Å²) in [5.41, 5.74) is 5.78. The van der Waals surface area contributed by atoms with Gasteiger partial charge >= 0.3 is 0 Å². The molecule has 0 bridgehead atoms. The third-order valence-electron chi connectivity index (χ3n) is 4.72. The SMILES string of the molecule is Cc1cccc(Cc2nc(Cc3cccc(C)c3)nc(Nc3ccc(Br)cc3)n2)c1. The fraction of sp³-hybridized carbons (Fsp3) is 0.160. The van der Waals surface area contributed by atoms with Crippen LogP contribution < -0.4 is 5.32 Å². The summed E-state index contributed by atoms with van der Waals surface area (Å²) in [6.45, 7) is 4.20. The summed E-state index contributed by atoms with van der Waals surface area (Å²) in [6, 6.07) is 24.9. The van der Waals surface area contributed by atoms with Crippen molar-refractivity contribution < 1.29 is 0 Å². The third-order valence-corrected chi connectivity index (χ3v) is 5.25. The first kappa shape index (κ1) is 20.2. The molecule has 0 spiro atoms. The summed E-state index contributed by atoms with van der Waals surface area (Å²) in [5.74, 6) is 2.09. The summed E-state index contributed by atoms with van der Waals surface area (Å²) in [6.07, 6.45) is 1.33. The number of aromatic nitrogens is 3. The number of anilines is 2. The predicted molar refractivity (Wildman–Crippen MR) is 125 cm³/mol. The summed E-state index contributed by atoms with van der Waals surface area (Å²) in [4.78, 5) is 14.1. The van der Waals surface area contributed by atoms with Gasteiger partial charge in [-0.25, -0.2) is 4.98 Å². The normalized spacial score (nSPS) is 10.8. The Morgan fingerprint density at radius 2 is 1.23 bits per heavy atom. The number of nitrogens with one attached hydrogen (secondary N) is 1. The Morgan fingerprint density at radius 3 is 1.73 bits per heavy atom. The van der Waals surface area contributed by atoms with Crippen molar-refractivity contribution in [2.24, 2.45) is 0 Å². The quantitative estimate of drug-likeness (QED) is 0.374. The van der Waals surface area contributed by atoms with Crippen LogP contribution in [0.2, 0.25) is 0 Å². The van der Waals surface area contributed by atoms with Crippen LogP contribution in [0.15, 0.2) is 77.3 Å². The van der Waals surface area contributed by atoms with E-state index in [-0.39, 0.29) is 0 Å². The second-order valence-corrected chi connectivity index (χ2v) is 8.37. The largest absolute Gasteiger partial charge is 0.324 e. The van der Waals surface area contributed by atoms with Crippen molar-refractivity contribution in [3.8, 4) is 0 Å². The van der Waals surface area contributed by atoms with E-state index in [0.29, 0.717) is 18.8 Å². The molecule has 4 nitrogen and oxygen atoms in total. The number of hydrogen-bond donors (Lipinski definition) is 1. The van der Waals surface area contributed by atoms with Gasteiger partial charge in [-0.05, 0) is 49.2 Å². The first-order valence-corrected chi connectivity index (χ1v) is 10.7. The maximum Gasteiger partial charge on any atom is 0.230 e. The predicted octanol–water partition coefficient (Wildman–Crippen LogP) is 6.18. The minimum absolute atomic E-state index is 0.567. The second-order valence-electron chi connectivity index (χ2n) is 7.46. The maximum absolute atomic E-state index is 4.77. The number of hydrogen-bond acceptors (Lipinski definition) is 4. The first-order valence-electron chi connectivity index (χ1n) is 9.91. The average molecular weight is 459 g/mol. The molecule has 1 aromatic heterocycles. The Morgan fingerprint density at radius 1 is 0.700 bits per heavy atom. The van der Waals surface area contributed by atoms with E-state index in [2.05, 4.69) is 83.6 Å². The number of aryl methyl sites for hydroxylation is 2. The van der Waals surface area contributed by atoms with Crippen LogP contribution in [0.3, 0.4) is 0 Å². The van der Waals surface area contributed by atoms with Crippen LogP contribution >= 0.6 is 15.9 Å². The lowest BCUT2D eigenvalue weighted by molar-refractivity contribution is 0.855. The average Bonchev–Trinajstić information content (AvgIpc) is 2.70. The van der Waals surface area contributed by atoms with Crippen LogP contribution in [-0.4, -0.2) is 15.0 Å². The molecule has 30 heavy (non-hydrogen) atoms. The van der Waals surface area contributed by atoms with Crippen molar-refractivity contribution in [1.82, 2.24) is 15.0 Å². The van der Waals surface area contributed by atoms with Crippen LogP contribution in [0.4, 0.5) is 11.6 Å². The molecule has 0 aliphatic carbocycles. The van der Waals surface area contributed by atoms with E-state index in [1.54, 1.807) is 0 Å². The van der Waals surface area contributed by atoms with E-state index >= 15 is 0 Å². The lowest BCUT2D eigenvalue weighted by Crippen LogP contribution is -2.09. The molecule has 0 amide bonds. The van der Waals surface area contributed by atoms with Crippen molar-refractivity contribution in [2.45, 2.75) is 26.7 Å². The number of nitrogens with zero attached hydrogens (tertiary/aromatic N) is 3. The summed E-state index contributed by atoms with van der Waals surface area (Å²) >= 11 is 3.47. The van der Waals surface area contributed by atoms with E-state index in [0.717, 1.165) is 21.8 Å². The van der Waals surface area contributed by atoms with Crippen molar-refractivity contribution >= 4 is 27.6 Å². The Hall–Kier alpha value is -3.05. The molecule has 0 fully saturated rings. The molecule has 0 aliphatic heterocycles. The van der Waals surface area contributed by atoms with E-state index in [1.807, 2.05) is 24.3 Å². The molecule has 0 saturated carbocycles. The lowest BCUT2D eigenvalue weighted by Gasteiger charge is -2.10. The van der Waals surface area contributed by atoms with Gasteiger partial charge in [0, 0.05) is 23.0 Å². The zero-order valence-corrected chi connectivity index (χ0v) is 18.6. The molecular formula is C25H23BrN4. The molecule has 1 heterocycles. The van der Waals surface area contributed by atoms with Crippen molar-refractivity contribution in [1.29, 1.82) is 0 Å². The van der Waals surface area contributed by atoms with Crippen LogP contribution in [0.1, 0.15) is 33.9 Å². The highest BCUT2D eigenvalue weighted by molar-refractivity contribution is 9.10. The molecule has 4 aromatic rings. The molecular weight excluding hydrogens is 436 g/mol. The van der Waals surface area contributed by atoms with Crippen LogP contribution in [0, 0.1) is 13.8 Å². The fourth-order valence-corrected chi connectivity index (χ4v) is 3.62. The minimum Gasteiger partial charge on any atom is -0.324 e. The molecule has 150 valence electrons. The minimum atomic E-state index is 0.567. The summed E-state index contributed by atoms with van der Waals surface area (Å²) in [7, 11) is 0. The first-order chi connectivity index (χ1) is 14.5. The van der Waals surface area contributed by atoms with Gasteiger partial charge in [0.05, 0.1) is 0 Å². The van der Waals surface area contributed by atoms with Crippen molar-refractivity contribution in [3.05, 3.63) is 111 Å². The molecule has 0 atom stereocenters. The van der Waals surface area contributed by atoms with E-state index in [9.17, 15) is 0 Å². The summed E-state index contributed by atoms with van der Waals surface area (Å²) in [5, 5.41) is 3.32. The molecule has 1 N–H and O–H groups in total. The van der Waals surface area contributed by atoms with Crippen LogP contribution in [0.25, 0.3) is 0 Å². The molecule has 0 unspecified atom stereocenters. The fourth-order valence-electron chi connectivity index (χ4n) is 3.35. The molecule has 3 aromatic carbocycles. The van der Waals surface area contributed by atoms with Crippen molar-refractivity contribution in [3.63, 3.8) is 0 Å². The van der Waals surface area contributed by atoms with Gasteiger partial charge in [-0.3, -0.25) is 0 Å². The molecule has 5 heteroatoms. The number of halogens is 1. The molecule has 0 saturated heterocycles. The maximum atomic E-state index is 4.77. The lowest BCUT2D eigenvalue weighted by atomic mass is 10.1. The number of rotatable bonds is 6. The Kier molecular flexibility index (Phi) is 6.19. The van der Waals surface area contributed by atoms with Gasteiger partial charge in [-0.2, -0.15) is 9.97 Å². The smallest absolute Gasteiger partial charge is 0.230 e. The van der Waals surface area contributed by atoms with Gasteiger partial charge in [0.1, 0.15) is 11.6 Å². The second kappa shape index (κ2) is 9.18. The van der Waals surface area contributed by atoms with Crippen molar-refractivity contribution in [2.75, 3.05) is 5.32 Å². The van der Waals surface area contributed by atoms with Gasteiger partial charge < -0.3 is 5.32 Å². The summed E-state index contributed by atoms with van der Waals surface area (Å²) < 4.78 is 1.03. The zero-order chi connectivity index (χ0) is 20.9. The molecule has 0 radical (unpaired) electrons. The van der Waals surface area contributed by atoms with Gasteiger partial charge in [0.15, 0.2) is 0 Å². The molecule has 0 aliphatic rings. The van der Waals surface area contributed by atoms with Crippen LogP contribution in [-0.2, 0) is 12.8 Å². The van der Waals surface area contributed by atoms with Crippen LogP contribution in [0.5, 0.6) is 0 Å². The van der Waals surface area contributed by atoms with Gasteiger partial charge in [-0.1, -0.05) is 75.6 Å². The molecule has 4 rings (SSSR count). The monoisotopic (exact) mass is 458 g/mol. The topological polar surface area (TPSA) is 50.7 Å². The Balaban J connectivity index is 1.66. The highest BCUT2D eigenvalue weighted by atomic mass is 79.9. The number of benzene rings is 3. The van der Waals surface area contributed by atoms with Gasteiger partial charge in [0.2, 0.25) is 5.95 Å². The van der Waals surface area contributed by atoms with E-state index in [1.165, 1.54) is 22.3 Å². The Bertz CT molecular complexity index is 1090. The highest BCUT2D eigenvalue weighted by Gasteiger charge is 2.10. The third kappa shape index (κ3) is 5.51. The van der Waals surface area contributed by atoms with Gasteiger partial charge in [0.25, 0.3) is 0 Å². The highest BCUT2D eigenvalue weighted by Crippen LogP contribution is 2.19. The van der Waals surface area contributed by atoms with E-state index in [4.69, 9.17) is 15.0 Å². The standard InChI is InChI=1S/C25H23BrN4/c1-17-5-3-7-19(13-17)15-23-28-24(16-20-8-4-6-18(2)14-20)30-25(29-23)27-22-11-9-21(26)10-12-22/h3-14H,15-16H2,1-2H3,(H,27,28,29,30). The van der Waals surface area contributed by atoms with Gasteiger partial charge in [-0.15, -0.1) is 0 Å². The zero-order valence-electron chi connectivity index (χ0n) is 17.1.